The van der Waals surface area contributed by atoms with Crippen molar-refractivity contribution in [2.24, 2.45) is 0 Å². The van der Waals surface area contributed by atoms with Gasteiger partial charge in [0.2, 0.25) is 5.13 Å². The van der Waals surface area contributed by atoms with Crippen LogP contribution >= 0.6 is 11.5 Å². The highest BCUT2D eigenvalue weighted by molar-refractivity contribution is 7.09. The molecule has 1 N–H and O–H groups in total. The lowest BCUT2D eigenvalue weighted by Crippen LogP contribution is -2.55. The molecule has 3 aromatic rings. The lowest BCUT2D eigenvalue weighted by atomic mass is 10.1. The van der Waals surface area contributed by atoms with E-state index in [2.05, 4.69) is 19.6 Å². The van der Waals surface area contributed by atoms with Crippen molar-refractivity contribution < 1.29 is 13.6 Å². The smallest absolute Gasteiger partial charge is 0.322 e. The number of carbonyl (C=O) groups is 1. The number of anilines is 2. The summed E-state index contributed by atoms with van der Waals surface area (Å²) in [5.41, 5.74) is 1.39. The van der Waals surface area contributed by atoms with Gasteiger partial charge in [0.1, 0.15) is 5.82 Å². The summed E-state index contributed by atoms with van der Waals surface area (Å²) in [6.45, 7) is 3.67. The molecular formula is C21H21F2N5OS. The van der Waals surface area contributed by atoms with Gasteiger partial charge in [0, 0.05) is 55.4 Å². The van der Waals surface area contributed by atoms with Crippen LogP contribution in [-0.4, -0.2) is 46.0 Å². The molecular weight excluding hydrogens is 408 g/mol. The lowest BCUT2D eigenvalue weighted by Gasteiger charge is -2.39. The number of nitrogens with one attached hydrogen (secondary N) is 1. The quantitative estimate of drug-likeness (QED) is 0.677. The molecule has 0 radical (unpaired) electrons. The van der Waals surface area contributed by atoms with Crippen molar-refractivity contribution in [1.29, 1.82) is 0 Å². The zero-order chi connectivity index (χ0) is 21.1. The fourth-order valence-electron chi connectivity index (χ4n) is 3.43. The van der Waals surface area contributed by atoms with E-state index < -0.39 is 11.6 Å². The molecule has 9 heteroatoms. The van der Waals surface area contributed by atoms with Crippen LogP contribution in [0.3, 0.4) is 0 Å². The number of rotatable bonds is 4. The summed E-state index contributed by atoms with van der Waals surface area (Å²) in [6, 6.07) is 13.0. The SMILES string of the molecule is CC1CN(c2nc(Cc3ccccc3)ns2)CCN1C(=O)Nc1ccc(F)c(F)c1. The summed E-state index contributed by atoms with van der Waals surface area (Å²) in [6.07, 6.45) is 0.684. The first-order valence-electron chi connectivity index (χ1n) is 9.64. The molecule has 2 amide bonds. The molecule has 1 atom stereocenters. The lowest BCUT2D eigenvalue weighted by molar-refractivity contribution is 0.185. The van der Waals surface area contributed by atoms with Crippen LogP contribution in [0.5, 0.6) is 0 Å². The molecule has 0 spiro atoms. The maximum Gasteiger partial charge on any atom is 0.322 e. The van der Waals surface area contributed by atoms with Crippen LogP contribution in [0.15, 0.2) is 48.5 Å². The molecule has 1 aliphatic heterocycles. The van der Waals surface area contributed by atoms with Crippen LogP contribution in [0.1, 0.15) is 18.3 Å². The molecule has 1 fully saturated rings. The first-order chi connectivity index (χ1) is 14.5. The van der Waals surface area contributed by atoms with Gasteiger partial charge in [0.25, 0.3) is 0 Å². The van der Waals surface area contributed by atoms with Gasteiger partial charge in [0.05, 0.1) is 0 Å². The van der Waals surface area contributed by atoms with Crippen molar-refractivity contribution in [2.75, 3.05) is 29.9 Å². The molecule has 4 rings (SSSR count). The highest BCUT2D eigenvalue weighted by atomic mass is 32.1. The predicted molar refractivity (Wildman–Crippen MR) is 113 cm³/mol. The largest absolute Gasteiger partial charge is 0.343 e. The summed E-state index contributed by atoms with van der Waals surface area (Å²) in [7, 11) is 0. The molecule has 30 heavy (non-hydrogen) atoms. The molecule has 0 bridgehead atoms. The van der Waals surface area contributed by atoms with Crippen LogP contribution in [0.25, 0.3) is 0 Å². The van der Waals surface area contributed by atoms with Crippen molar-refractivity contribution in [1.82, 2.24) is 14.3 Å². The predicted octanol–water partition coefficient (Wildman–Crippen LogP) is 4.15. The summed E-state index contributed by atoms with van der Waals surface area (Å²) in [5, 5.41) is 3.47. The van der Waals surface area contributed by atoms with Crippen LogP contribution in [0.4, 0.5) is 24.4 Å². The average molecular weight is 429 g/mol. The number of aromatic nitrogens is 2. The molecule has 156 valence electrons. The van der Waals surface area contributed by atoms with Crippen molar-refractivity contribution >= 4 is 28.4 Å². The van der Waals surface area contributed by atoms with Gasteiger partial charge in [0.15, 0.2) is 11.6 Å². The van der Waals surface area contributed by atoms with Gasteiger partial charge in [-0.3, -0.25) is 0 Å². The Kier molecular flexibility index (Phi) is 5.89. The Balaban J connectivity index is 1.36. The summed E-state index contributed by atoms with van der Waals surface area (Å²) in [5.74, 6) is -1.15. The number of hydrogen-bond donors (Lipinski definition) is 1. The van der Waals surface area contributed by atoms with E-state index in [1.54, 1.807) is 4.90 Å². The Morgan fingerprint density at radius 2 is 1.97 bits per heavy atom. The molecule has 0 saturated carbocycles. The standard InChI is InChI=1S/C21H21F2N5OS/c1-14-13-27(21-25-19(26-30-21)11-15-5-3-2-4-6-15)9-10-28(14)20(29)24-16-7-8-17(22)18(23)12-16/h2-8,12,14H,9-11,13H2,1H3,(H,24,29). The number of benzene rings is 2. The molecule has 1 saturated heterocycles. The van der Waals surface area contributed by atoms with Gasteiger partial charge in [-0.05, 0) is 24.6 Å². The molecule has 1 unspecified atom stereocenters. The number of halogens is 2. The van der Waals surface area contributed by atoms with E-state index in [0.29, 0.717) is 26.1 Å². The van der Waals surface area contributed by atoms with Gasteiger partial charge >= 0.3 is 6.03 Å². The van der Waals surface area contributed by atoms with E-state index in [9.17, 15) is 13.6 Å². The summed E-state index contributed by atoms with van der Waals surface area (Å²) in [4.78, 5) is 21.0. The van der Waals surface area contributed by atoms with Gasteiger partial charge in [-0.25, -0.2) is 18.6 Å². The second-order valence-electron chi connectivity index (χ2n) is 7.20. The topological polar surface area (TPSA) is 61.4 Å². The second kappa shape index (κ2) is 8.74. The third-order valence-electron chi connectivity index (χ3n) is 4.99. The Morgan fingerprint density at radius 3 is 2.70 bits per heavy atom. The van der Waals surface area contributed by atoms with Crippen LogP contribution in [0, 0.1) is 11.6 Å². The van der Waals surface area contributed by atoms with Crippen LogP contribution in [-0.2, 0) is 6.42 Å². The zero-order valence-corrected chi connectivity index (χ0v) is 17.2. The minimum absolute atomic E-state index is 0.0782. The molecule has 2 aromatic carbocycles. The Morgan fingerprint density at radius 1 is 1.17 bits per heavy atom. The fraction of sp³-hybridized carbons (Fsp3) is 0.286. The molecule has 6 nitrogen and oxygen atoms in total. The van der Waals surface area contributed by atoms with Gasteiger partial charge < -0.3 is 15.1 Å². The monoisotopic (exact) mass is 429 g/mol. The Bertz CT molecular complexity index is 1030. The first-order valence-corrected chi connectivity index (χ1v) is 10.4. The highest BCUT2D eigenvalue weighted by Gasteiger charge is 2.29. The Labute approximate surface area is 177 Å². The number of hydrogen-bond acceptors (Lipinski definition) is 5. The van der Waals surface area contributed by atoms with Gasteiger partial charge in [-0.2, -0.15) is 4.37 Å². The maximum absolute atomic E-state index is 13.4. The van der Waals surface area contributed by atoms with Crippen molar-refractivity contribution in [3.8, 4) is 0 Å². The van der Waals surface area contributed by atoms with Gasteiger partial charge in [-0.1, -0.05) is 30.3 Å². The molecule has 0 aliphatic carbocycles. The van der Waals surface area contributed by atoms with Crippen LogP contribution < -0.4 is 10.2 Å². The van der Waals surface area contributed by atoms with Crippen molar-refractivity contribution in [3.05, 3.63) is 71.6 Å². The average Bonchev–Trinajstić information content (AvgIpc) is 3.20. The molecule has 1 aromatic heterocycles. The number of nitrogens with zero attached hydrogens (tertiary/aromatic N) is 4. The van der Waals surface area contributed by atoms with Gasteiger partial charge in [-0.15, -0.1) is 0 Å². The minimum Gasteiger partial charge on any atom is -0.343 e. The number of amides is 2. The third-order valence-corrected chi connectivity index (χ3v) is 5.81. The highest BCUT2D eigenvalue weighted by Crippen LogP contribution is 2.23. The second-order valence-corrected chi connectivity index (χ2v) is 7.93. The van der Waals surface area contributed by atoms with Crippen molar-refractivity contribution in [2.45, 2.75) is 19.4 Å². The number of piperazine rings is 1. The van der Waals surface area contributed by atoms with E-state index in [0.717, 1.165) is 28.7 Å². The summed E-state index contributed by atoms with van der Waals surface area (Å²) < 4.78 is 30.9. The zero-order valence-electron chi connectivity index (χ0n) is 16.4. The van der Waals surface area contributed by atoms with E-state index >= 15 is 0 Å². The minimum atomic E-state index is -0.992. The summed E-state index contributed by atoms with van der Waals surface area (Å²) >= 11 is 1.36. The molecule has 2 heterocycles. The maximum atomic E-state index is 13.4. The van der Waals surface area contributed by atoms with E-state index in [1.165, 1.54) is 17.6 Å². The van der Waals surface area contributed by atoms with Crippen molar-refractivity contribution in [3.63, 3.8) is 0 Å². The van der Waals surface area contributed by atoms with Crippen LogP contribution in [0.2, 0.25) is 0 Å². The fourth-order valence-corrected chi connectivity index (χ4v) is 4.15. The third kappa shape index (κ3) is 4.56. The molecule has 1 aliphatic rings. The Hall–Kier alpha value is -3.07. The number of urea groups is 1. The normalized spacial score (nSPS) is 16.6. The van der Waals surface area contributed by atoms with E-state index in [4.69, 9.17) is 0 Å². The van der Waals surface area contributed by atoms with E-state index in [-0.39, 0.29) is 17.8 Å². The van der Waals surface area contributed by atoms with E-state index in [1.807, 2.05) is 37.3 Å². The first kappa shape index (κ1) is 20.2. The number of carbonyl (C=O) groups excluding carboxylic acids is 1.